The maximum Gasteiger partial charge on any atom is 0.295 e. The first-order valence-corrected chi connectivity index (χ1v) is 13.0. The van der Waals surface area contributed by atoms with Crippen molar-refractivity contribution in [3.05, 3.63) is 76.7 Å². The second kappa shape index (κ2) is 10.5. The second-order valence-corrected chi connectivity index (χ2v) is 10.1. The summed E-state index contributed by atoms with van der Waals surface area (Å²) in [6, 6.07) is 12.9. The average Bonchev–Trinajstić information content (AvgIpc) is 3.37. The minimum atomic E-state index is -0.667. The van der Waals surface area contributed by atoms with Crippen LogP contribution in [0.2, 0.25) is 0 Å². The van der Waals surface area contributed by atoms with Crippen LogP contribution in [0, 0.1) is 6.92 Å². The first kappa shape index (κ1) is 25.2. The van der Waals surface area contributed by atoms with Crippen molar-refractivity contribution >= 4 is 23.1 Å². The SMILES string of the molecule is Cc1nc2ccccn2c1C(O)=C1C(=O)C(=O)N(CCCN2CCOCC2)[C@H]1c1ccc(C(C)C)cc1. The summed E-state index contributed by atoms with van der Waals surface area (Å²) >= 11 is 0. The number of Topliss-reactive ketones (excluding diaryl/α,β-unsaturated/α-hetero) is 1. The molecule has 1 atom stereocenters. The number of benzene rings is 1. The Morgan fingerprint density at radius 2 is 1.81 bits per heavy atom. The Morgan fingerprint density at radius 3 is 2.51 bits per heavy atom. The zero-order valence-corrected chi connectivity index (χ0v) is 21.7. The molecule has 0 unspecified atom stereocenters. The zero-order valence-electron chi connectivity index (χ0n) is 21.7. The van der Waals surface area contributed by atoms with E-state index in [9.17, 15) is 14.7 Å². The highest BCUT2D eigenvalue weighted by Gasteiger charge is 2.46. The lowest BCUT2D eigenvalue weighted by Gasteiger charge is -2.29. The van der Waals surface area contributed by atoms with Crippen LogP contribution < -0.4 is 0 Å². The number of nitrogens with zero attached hydrogens (tertiary/aromatic N) is 4. The molecular formula is C29H34N4O4. The smallest absolute Gasteiger partial charge is 0.295 e. The maximum absolute atomic E-state index is 13.5. The van der Waals surface area contributed by atoms with Crippen molar-refractivity contribution in [1.29, 1.82) is 0 Å². The number of carbonyl (C=O) groups is 2. The fourth-order valence-corrected chi connectivity index (χ4v) is 5.34. The standard InChI is InChI=1S/C29H34N4O4/c1-19(2)21-8-10-22(11-9-21)26-24(27(34)25-20(3)30-23-7-4-5-13-32(23)25)28(35)29(36)33(26)14-6-12-31-15-17-37-18-16-31/h4-5,7-11,13,19,26,34H,6,12,14-18H2,1-3H3/t26-/m0/s1. The third-order valence-electron chi connectivity index (χ3n) is 7.36. The molecule has 4 heterocycles. The number of morpholine rings is 1. The molecular weight excluding hydrogens is 468 g/mol. The summed E-state index contributed by atoms with van der Waals surface area (Å²) in [5.74, 6) is -1.07. The van der Waals surface area contributed by atoms with Gasteiger partial charge in [-0.3, -0.25) is 18.9 Å². The van der Waals surface area contributed by atoms with Crippen LogP contribution >= 0.6 is 0 Å². The van der Waals surface area contributed by atoms with Gasteiger partial charge in [0.2, 0.25) is 0 Å². The van der Waals surface area contributed by atoms with Gasteiger partial charge in [-0.25, -0.2) is 4.98 Å². The number of aliphatic hydroxyl groups is 1. The molecule has 1 N–H and O–H groups in total. The highest BCUT2D eigenvalue weighted by atomic mass is 16.5. The summed E-state index contributed by atoms with van der Waals surface area (Å²) in [7, 11) is 0. The molecule has 8 heteroatoms. The Balaban J connectivity index is 1.55. The summed E-state index contributed by atoms with van der Waals surface area (Å²) in [6.45, 7) is 10.4. The molecule has 0 aliphatic carbocycles. The highest BCUT2D eigenvalue weighted by molar-refractivity contribution is 6.46. The number of imidazole rings is 1. The first-order valence-electron chi connectivity index (χ1n) is 13.0. The van der Waals surface area contributed by atoms with E-state index in [-0.39, 0.29) is 11.3 Å². The fraction of sp³-hybridized carbons (Fsp3) is 0.414. The van der Waals surface area contributed by atoms with Crippen LogP contribution in [-0.4, -0.2) is 75.4 Å². The van der Waals surface area contributed by atoms with E-state index in [1.807, 2.05) is 42.5 Å². The number of ether oxygens (including phenoxy) is 1. The van der Waals surface area contributed by atoms with Crippen molar-refractivity contribution in [2.75, 3.05) is 39.4 Å². The molecule has 2 aliphatic rings. The number of hydrogen-bond donors (Lipinski definition) is 1. The van der Waals surface area contributed by atoms with Crippen molar-refractivity contribution in [2.45, 2.75) is 39.2 Å². The van der Waals surface area contributed by atoms with Gasteiger partial charge in [-0.1, -0.05) is 44.2 Å². The highest BCUT2D eigenvalue weighted by Crippen LogP contribution is 2.40. The van der Waals surface area contributed by atoms with Crippen LogP contribution in [0.4, 0.5) is 0 Å². The van der Waals surface area contributed by atoms with Crippen molar-refractivity contribution in [2.24, 2.45) is 0 Å². The van der Waals surface area contributed by atoms with E-state index < -0.39 is 17.7 Å². The molecule has 0 radical (unpaired) electrons. The lowest BCUT2D eigenvalue weighted by atomic mass is 9.93. The van der Waals surface area contributed by atoms with Gasteiger partial charge in [0.25, 0.3) is 11.7 Å². The number of ketones is 1. The van der Waals surface area contributed by atoms with E-state index in [0.29, 0.717) is 42.7 Å². The van der Waals surface area contributed by atoms with Gasteiger partial charge in [0.1, 0.15) is 11.3 Å². The lowest BCUT2D eigenvalue weighted by Crippen LogP contribution is -2.38. The van der Waals surface area contributed by atoms with Gasteiger partial charge in [-0.15, -0.1) is 0 Å². The molecule has 2 saturated heterocycles. The Morgan fingerprint density at radius 1 is 1.08 bits per heavy atom. The average molecular weight is 503 g/mol. The molecule has 0 bridgehead atoms. The van der Waals surface area contributed by atoms with E-state index in [1.165, 1.54) is 5.56 Å². The topological polar surface area (TPSA) is 87.4 Å². The maximum atomic E-state index is 13.5. The summed E-state index contributed by atoms with van der Waals surface area (Å²) in [6.07, 6.45) is 2.53. The van der Waals surface area contributed by atoms with Gasteiger partial charge in [0.15, 0.2) is 5.76 Å². The predicted octanol–water partition coefficient (Wildman–Crippen LogP) is 3.91. The number of fused-ring (bicyclic) bond motifs is 1. The van der Waals surface area contributed by atoms with Gasteiger partial charge in [-0.05, 0) is 42.5 Å². The molecule has 37 heavy (non-hydrogen) atoms. The Bertz CT molecular complexity index is 1340. The number of rotatable bonds is 7. The summed E-state index contributed by atoms with van der Waals surface area (Å²) in [5, 5.41) is 11.6. The molecule has 5 rings (SSSR count). The van der Waals surface area contributed by atoms with E-state index >= 15 is 0 Å². The van der Waals surface area contributed by atoms with Crippen LogP contribution in [0.1, 0.15) is 54.7 Å². The van der Waals surface area contributed by atoms with Gasteiger partial charge < -0.3 is 14.7 Å². The molecule has 3 aromatic rings. The summed E-state index contributed by atoms with van der Waals surface area (Å²) in [5.41, 5.74) is 3.79. The molecule has 2 aromatic heterocycles. The number of pyridine rings is 1. The molecule has 2 aliphatic heterocycles. The van der Waals surface area contributed by atoms with Gasteiger partial charge in [0.05, 0.1) is 30.5 Å². The normalized spacial score (nSPS) is 20.4. The number of aryl methyl sites for hydroxylation is 1. The number of aliphatic hydroxyl groups excluding tert-OH is 1. The first-order chi connectivity index (χ1) is 17.9. The predicted molar refractivity (Wildman–Crippen MR) is 141 cm³/mol. The minimum Gasteiger partial charge on any atom is -0.505 e. The molecule has 8 nitrogen and oxygen atoms in total. The summed E-state index contributed by atoms with van der Waals surface area (Å²) < 4.78 is 7.20. The molecule has 0 saturated carbocycles. The largest absolute Gasteiger partial charge is 0.505 e. The van der Waals surface area contributed by atoms with E-state index in [4.69, 9.17) is 4.74 Å². The van der Waals surface area contributed by atoms with Crippen molar-refractivity contribution in [3.8, 4) is 0 Å². The Hall–Kier alpha value is -3.49. The zero-order chi connectivity index (χ0) is 26.1. The van der Waals surface area contributed by atoms with Crippen LogP contribution in [0.5, 0.6) is 0 Å². The lowest BCUT2D eigenvalue weighted by molar-refractivity contribution is -0.140. The van der Waals surface area contributed by atoms with Crippen LogP contribution in [0.15, 0.2) is 54.2 Å². The van der Waals surface area contributed by atoms with Crippen molar-refractivity contribution in [1.82, 2.24) is 19.2 Å². The van der Waals surface area contributed by atoms with Gasteiger partial charge in [-0.2, -0.15) is 0 Å². The van der Waals surface area contributed by atoms with Crippen LogP contribution in [-0.2, 0) is 14.3 Å². The monoisotopic (exact) mass is 502 g/mol. The van der Waals surface area contributed by atoms with E-state index in [1.54, 1.807) is 22.4 Å². The number of likely N-dealkylation sites (tertiary alicyclic amines) is 1. The van der Waals surface area contributed by atoms with Crippen molar-refractivity contribution in [3.63, 3.8) is 0 Å². The third kappa shape index (κ3) is 4.79. The molecule has 0 spiro atoms. The number of carbonyl (C=O) groups excluding carboxylic acids is 2. The minimum absolute atomic E-state index is 0.113. The van der Waals surface area contributed by atoms with Gasteiger partial charge in [0, 0.05) is 32.4 Å². The Labute approximate surface area is 217 Å². The third-order valence-corrected chi connectivity index (χ3v) is 7.36. The Kier molecular flexibility index (Phi) is 7.13. The van der Waals surface area contributed by atoms with Crippen LogP contribution in [0.3, 0.4) is 0 Å². The van der Waals surface area contributed by atoms with E-state index in [2.05, 4.69) is 23.7 Å². The fourth-order valence-electron chi connectivity index (χ4n) is 5.34. The number of aromatic nitrogens is 2. The number of amides is 1. The summed E-state index contributed by atoms with van der Waals surface area (Å²) in [4.78, 5) is 35.3. The quantitative estimate of drug-likeness (QED) is 0.300. The van der Waals surface area contributed by atoms with Gasteiger partial charge >= 0.3 is 0 Å². The molecule has 1 amide bonds. The van der Waals surface area contributed by atoms with E-state index in [0.717, 1.165) is 31.6 Å². The molecule has 194 valence electrons. The second-order valence-electron chi connectivity index (χ2n) is 10.1. The molecule has 1 aromatic carbocycles. The van der Waals surface area contributed by atoms with Crippen LogP contribution in [0.25, 0.3) is 11.4 Å². The van der Waals surface area contributed by atoms with Crippen molar-refractivity contribution < 1.29 is 19.4 Å². The molecule has 2 fully saturated rings. The number of hydrogen-bond acceptors (Lipinski definition) is 6.